The molecular formula is C15H19NO4. The maximum Gasteiger partial charge on any atom is 0.407 e. The summed E-state index contributed by atoms with van der Waals surface area (Å²) in [5.74, 6) is -0.952. The number of hydrogen-bond acceptors (Lipinski definition) is 3. The van der Waals surface area contributed by atoms with Crippen molar-refractivity contribution in [3.8, 4) is 0 Å². The van der Waals surface area contributed by atoms with Crippen LogP contribution in [0.2, 0.25) is 0 Å². The lowest BCUT2D eigenvalue weighted by Crippen LogP contribution is -2.37. The number of alkyl carbamates (subject to hydrolysis) is 1. The lowest BCUT2D eigenvalue weighted by Gasteiger charge is -2.16. The third kappa shape index (κ3) is 6.58. The molecule has 0 radical (unpaired) electrons. The van der Waals surface area contributed by atoms with Crippen LogP contribution in [0.15, 0.2) is 43.0 Å². The Bertz CT molecular complexity index is 444. The Morgan fingerprint density at radius 1 is 1.35 bits per heavy atom. The standard InChI is InChI=1S/C15H19NO4/c1-2-10-20-15(19)16-13(11-14(17)18)9-8-12-6-4-3-5-7-12/h2-7,13H,1,8-11H2,(H,16,19)(H,17,18)/t13-/m1/s1. The Labute approximate surface area is 118 Å². The van der Waals surface area contributed by atoms with E-state index >= 15 is 0 Å². The largest absolute Gasteiger partial charge is 0.481 e. The molecule has 1 aromatic carbocycles. The van der Waals surface area contributed by atoms with Gasteiger partial charge in [-0.2, -0.15) is 0 Å². The van der Waals surface area contributed by atoms with Gasteiger partial charge < -0.3 is 15.2 Å². The lowest BCUT2D eigenvalue weighted by atomic mass is 10.0. The normalized spacial score (nSPS) is 11.4. The van der Waals surface area contributed by atoms with Crippen LogP contribution in [0.4, 0.5) is 4.79 Å². The first-order valence-electron chi connectivity index (χ1n) is 6.41. The van der Waals surface area contributed by atoms with Crippen molar-refractivity contribution in [2.75, 3.05) is 6.61 Å². The Morgan fingerprint density at radius 2 is 2.05 bits per heavy atom. The minimum absolute atomic E-state index is 0.101. The van der Waals surface area contributed by atoms with Gasteiger partial charge in [-0.05, 0) is 18.4 Å². The van der Waals surface area contributed by atoms with Crippen LogP contribution in [0.5, 0.6) is 0 Å². The first-order chi connectivity index (χ1) is 9.61. The highest BCUT2D eigenvalue weighted by molar-refractivity contribution is 5.71. The summed E-state index contributed by atoms with van der Waals surface area (Å²) in [6.45, 7) is 3.54. The fraction of sp³-hybridized carbons (Fsp3) is 0.333. The van der Waals surface area contributed by atoms with Gasteiger partial charge in [-0.15, -0.1) is 0 Å². The van der Waals surface area contributed by atoms with E-state index < -0.39 is 18.1 Å². The zero-order chi connectivity index (χ0) is 14.8. The Balaban J connectivity index is 2.48. The molecule has 0 saturated carbocycles. The van der Waals surface area contributed by atoms with Crippen LogP contribution in [0.25, 0.3) is 0 Å². The summed E-state index contributed by atoms with van der Waals surface area (Å²) >= 11 is 0. The Hall–Kier alpha value is -2.30. The fourth-order valence-electron chi connectivity index (χ4n) is 1.76. The van der Waals surface area contributed by atoms with E-state index in [4.69, 9.17) is 9.84 Å². The monoisotopic (exact) mass is 277 g/mol. The van der Waals surface area contributed by atoms with Crippen LogP contribution in [0.3, 0.4) is 0 Å². The summed E-state index contributed by atoms with van der Waals surface area (Å²) < 4.78 is 4.79. The number of amides is 1. The Morgan fingerprint density at radius 3 is 2.65 bits per heavy atom. The summed E-state index contributed by atoms with van der Waals surface area (Å²) in [5.41, 5.74) is 1.10. The average molecular weight is 277 g/mol. The second kappa shape index (κ2) is 8.74. The molecule has 5 nitrogen and oxygen atoms in total. The number of aliphatic carboxylic acids is 1. The molecule has 1 amide bonds. The number of benzene rings is 1. The van der Waals surface area contributed by atoms with E-state index in [1.807, 2.05) is 30.3 Å². The zero-order valence-corrected chi connectivity index (χ0v) is 11.2. The summed E-state index contributed by atoms with van der Waals surface area (Å²) in [4.78, 5) is 22.2. The molecule has 0 aliphatic rings. The van der Waals surface area contributed by atoms with E-state index in [1.54, 1.807) is 0 Å². The van der Waals surface area contributed by atoms with Gasteiger partial charge >= 0.3 is 12.1 Å². The molecule has 0 aliphatic heterocycles. The van der Waals surface area contributed by atoms with Gasteiger partial charge in [-0.3, -0.25) is 4.79 Å². The number of nitrogens with one attached hydrogen (secondary N) is 1. The van der Waals surface area contributed by atoms with Crippen molar-refractivity contribution >= 4 is 12.1 Å². The van der Waals surface area contributed by atoms with E-state index in [1.165, 1.54) is 6.08 Å². The van der Waals surface area contributed by atoms with Gasteiger partial charge in [0.05, 0.1) is 6.42 Å². The number of aryl methyl sites for hydroxylation is 1. The lowest BCUT2D eigenvalue weighted by molar-refractivity contribution is -0.137. The maximum atomic E-state index is 11.4. The molecule has 108 valence electrons. The van der Waals surface area contributed by atoms with Crippen LogP contribution >= 0.6 is 0 Å². The van der Waals surface area contributed by atoms with Crippen molar-refractivity contribution in [3.63, 3.8) is 0 Å². The van der Waals surface area contributed by atoms with Crippen molar-refractivity contribution in [3.05, 3.63) is 48.6 Å². The van der Waals surface area contributed by atoms with Crippen LogP contribution < -0.4 is 5.32 Å². The third-order valence-electron chi connectivity index (χ3n) is 2.70. The number of carbonyl (C=O) groups is 2. The number of rotatable bonds is 8. The molecule has 0 unspecified atom stereocenters. The number of carbonyl (C=O) groups excluding carboxylic acids is 1. The molecule has 0 spiro atoms. The van der Waals surface area contributed by atoms with Crippen molar-refractivity contribution in [1.82, 2.24) is 5.32 Å². The van der Waals surface area contributed by atoms with E-state index in [-0.39, 0.29) is 13.0 Å². The SMILES string of the molecule is C=CCOC(=O)N[C@H](CCc1ccccc1)CC(=O)O. The van der Waals surface area contributed by atoms with Crippen molar-refractivity contribution in [2.45, 2.75) is 25.3 Å². The topological polar surface area (TPSA) is 75.6 Å². The number of ether oxygens (including phenoxy) is 1. The van der Waals surface area contributed by atoms with E-state index in [2.05, 4.69) is 11.9 Å². The first-order valence-corrected chi connectivity index (χ1v) is 6.41. The molecule has 0 fully saturated rings. The highest BCUT2D eigenvalue weighted by Crippen LogP contribution is 2.07. The zero-order valence-electron chi connectivity index (χ0n) is 11.2. The maximum absolute atomic E-state index is 11.4. The number of carboxylic acids is 1. The minimum Gasteiger partial charge on any atom is -0.481 e. The molecule has 1 rings (SSSR count). The molecule has 20 heavy (non-hydrogen) atoms. The minimum atomic E-state index is -0.952. The van der Waals surface area contributed by atoms with Gasteiger partial charge in [0.25, 0.3) is 0 Å². The molecule has 0 heterocycles. The van der Waals surface area contributed by atoms with Crippen LogP contribution in [0.1, 0.15) is 18.4 Å². The fourth-order valence-corrected chi connectivity index (χ4v) is 1.76. The van der Waals surface area contributed by atoms with E-state index in [9.17, 15) is 9.59 Å². The Kier molecular flexibility index (Phi) is 6.89. The molecular weight excluding hydrogens is 258 g/mol. The van der Waals surface area contributed by atoms with Crippen molar-refractivity contribution < 1.29 is 19.4 Å². The first kappa shape index (κ1) is 15.8. The highest BCUT2D eigenvalue weighted by atomic mass is 16.5. The van der Waals surface area contributed by atoms with Gasteiger partial charge in [0.1, 0.15) is 6.61 Å². The predicted molar refractivity (Wildman–Crippen MR) is 75.5 cm³/mol. The third-order valence-corrected chi connectivity index (χ3v) is 2.70. The van der Waals surface area contributed by atoms with Gasteiger partial charge in [0.15, 0.2) is 0 Å². The van der Waals surface area contributed by atoms with Gasteiger partial charge in [-0.25, -0.2) is 4.79 Å². The second-order valence-corrected chi connectivity index (χ2v) is 4.35. The van der Waals surface area contributed by atoms with E-state index in [0.29, 0.717) is 12.8 Å². The molecule has 0 bridgehead atoms. The van der Waals surface area contributed by atoms with Crippen LogP contribution in [0, 0.1) is 0 Å². The van der Waals surface area contributed by atoms with Gasteiger partial charge in [-0.1, -0.05) is 43.0 Å². The summed E-state index contributed by atoms with van der Waals surface area (Å²) in [6, 6.07) is 9.25. The van der Waals surface area contributed by atoms with Crippen molar-refractivity contribution in [2.24, 2.45) is 0 Å². The molecule has 0 aliphatic carbocycles. The predicted octanol–water partition coefficient (Wildman–Crippen LogP) is 2.37. The quantitative estimate of drug-likeness (QED) is 0.715. The molecule has 5 heteroatoms. The number of carboxylic acid groups (broad SMARTS) is 1. The highest BCUT2D eigenvalue weighted by Gasteiger charge is 2.16. The van der Waals surface area contributed by atoms with Crippen molar-refractivity contribution in [1.29, 1.82) is 0 Å². The summed E-state index contributed by atoms with van der Waals surface area (Å²) in [5, 5.41) is 11.4. The van der Waals surface area contributed by atoms with Gasteiger partial charge in [0.2, 0.25) is 0 Å². The van der Waals surface area contributed by atoms with Crippen LogP contribution in [-0.2, 0) is 16.0 Å². The molecule has 1 aromatic rings. The molecule has 1 atom stereocenters. The summed E-state index contributed by atoms with van der Waals surface area (Å²) in [7, 11) is 0. The average Bonchev–Trinajstić information content (AvgIpc) is 2.43. The second-order valence-electron chi connectivity index (χ2n) is 4.35. The van der Waals surface area contributed by atoms with Gasteiger partial charge in [0, 0.05) is 6.04 Å². The van der Waals surface area contributed by atoms with Crippen LogP contribution in [-0.4, -0.2) is 29.8 Å². The summed E-state index contributed by atoms with van der Waals surface area (Å²) in [6.07, 6.45) is 1.94. The molecule has 0 saturated heterocycles. The van der Waals surface area contributed by atoms with E-state index in [0.717, 1.165) is 5.56 Å². The number of hydrogen-bond donors (Lipinski definition) is 2. The molecule has 2 N–H and O–H groups in total. The molecule has 0 aromatic heterocycles. The smallest absolute Gasteiger partial charge is 0.407 e.